The van der Waals surface area contributed by atoms with Gasteiger partial charge in [-0.05, 0) is 50.3 Å². The molecule has 0 amide bonds. The van der Waals surface area contributed by atoms with Gasteiger partial charge in [0.15, 0.2) is 5.65 Å². The molecule has 3 aromatic rings. The lowest BCUT2D eigenvalue weighted by atomic mass is 10.0. The highest BCUT2D eigenvalue weighted by Gasteiger charge is 2.20. The van der Waals surface area contributed by atoms with Crippen LogP contribution in [0.4, 0.5) is 5.95 Å². The lowest BCUT2D eigenvalue weighted by molar-refractivity contribution is 0.563. The van der Waals surface area contributed by atoms with E-state index in [0.717, 1.165) is 41.2 Å². The summed E-state index contributed by atoms with van der Waals surface area (Å²) in [7, 11) is 0. The van der Waals surface area contributed by atoms with Crippen LogP contribution in [0.1, 0.15) is 43.4 Å². The Labute approximate surface area is 147 Å². The topological polar surface area (TPSA) is 72.3 Å². The Bertz CT molecular complexity index is 866. The minimum atomic E-state index is -0.0653. The van der Waals surface area contributed by atoms with Crippen molar-refractivity contribution in [3.8, 4) is 0 Å². The highest BCUT2D eigenvalue weighted by Crippen LogP contribution is 2.29. The van der Waals surface area contributed by atoms with Crippen molar-refractivity contribution in [1.82, 2.24) is 19.6 Å². The third kappa shape index (κ3) is 2.70. The van der Waals surface area contributed by atoms with Crippen molar-refractivity contribution in [1.29, 1.82) is 0 Å². The van der Waals surface area contributed by atoms with Gasteiger partial charge in [-0.1, -0.05) is 6.07 Å². The summed E-state index contributed by atoms with van der Waals surface area (Å²) in [6.45, 7) is 6.13. The Morgan fingerprint density at radius 3 is 2.62 bits per heavy atom. The van der Waals surface area contributed by atoms with Gasteiger partial charge in [0.1, 0.15) is 6.33 Å². The van der Waals surface area contributed by atoms with Crippen LogP contribution >= 0.6 is 12.4 Å². The highest BCUT2D eigenvalue weighted by molar-refractivity contribution is 5.95. The third-order valence-corrected chi connectivity index (χ3v) is 4.60. The quantitative estimate of drug-likeness (QED) is 0.772. The normalized spacial score (nSPS) is 16.4. The van der Waals surface area contributed by atoms with Crippen LogP contribution in [0.5, 0.6) is 0 Å². The van der Waals surface area contributed by atoms with Crippen molar-refractivity contribution in [2.75, 3.05) is 18.0 Å². The Morgan fingerprint density at radius 2 is 1.92 bits per heavy atom. The van der Waals surface area contributed by atoms with E-state index in [-0.39, 0.29) is 18.4 Å². The van der Waals surface area contributed by atoms with Gasteiger partial charge >= 0.3 is 0 Å². The largest absolute Gasteiger partial charge is 0.341 e. The molecule has 1 aromatic carbocycles. The number of hydrogen-bond donors (Lipinski definition) is 1. The maximum absolute atomic E-state index is 6.20. The number of benzene rings is 1. The predicted molar refractivity (Wildman–Crippen MR) is 98.9 cm³/mol. The number of piperidine rings is 1. The molecular weight excluding hydrogens is 324 g/mol. The van der Waals surface area contributed by atoms with Crippen LogP contribution in [-0.2, 0) is 0 Å². The van der Waals surface area contributed by atoms with Crippen LogP contribution in [0.3, 0.4) is 0 Å². The molecule has 1 saturated heterocycles. The molecule has 0 saturated carbocycles. The Morgan fingerprint density at radius 1 is 1.17 bits per heavy atom. The first-order valence-electron chi connectivity index (χ1n) is 8.29. The molecule has 1 fully saturated rings. The van der Waals surface area contributed by atoms with E-state index >= 15 is 0 Å². The Hall–Kier alpha value is -1.92. The number of nitrogens with zero attached hydrogens (tertiary/aromatic N) is 5. The number of anilines is 1. The van der Waals surface area contributed by atoms with Crippen LogP contribution in [0.25, 0.3) is 16.6 Å². The van der Waals surface area contributed by atoms with Crippen LogP contribution < -0.4 is 10.6 Å². The average Bonchev–Trinajstić information content (AvgIpc) is 3.04. The molecule has 1 aliphatic rings. The second-order valence-corrected chi connectivity index (χ2v) is 6.49. The smallest absolute Gasteiger partial charge is 0.229 e. The number of aromatic nitrogens is 4. The SMILES string of the molecule is Cc1cc(C(C)N)c2nc(N3CCCCC3)n3ncnc3c2c1.Cl. The third-order valence-electron chi connectivity index (χ3n) is 4.60. The van der Waals surface area contributed by atoms with Crippen molar-refractivity contribution < 1.29 is 0 Å². The van der Waals surface area contributed by atoms with E-state index in [9.17, 15) is 0 Å². The molecule has 0 radical (unpaired) electrons. The van der Waals surface area contributed by atoms with Crippen molar-refractivity contribution in [2.45, 2.75) is 39.2 Å². The zero-order valence-electron chi connectivity index (χ0n) is 14.1. The standard InChI is InChI=1S/C17H22N6.ClH/c1-11-8-13(12(2)18)15-14(9-11)16-19-10-20-23(16)17(21-15)22-6-4-3-5-7-22;/h8-10,12H,3-7,18H2,1-2H3;1H. The molecule has 1 atom stereocenters. The molecule has 6 nitrogen and oxygen atoms in total. The van der Waals surface area contributed by atoms with Crippen LogP contribution in [0.15, 0.2) is 18.5 Å². The van der Waals surface area contributed by atoms with E-state index in [2.05, 4.69) is 34.0 Å². The molecule has 2 N–H and O–H groups in total. The zero-order chi connectivity index (χ0) is 16.0. The van der Waals surface area contributed by atoms with Crippen LogP contribution in [-0.4, -0.2) is 32.7 Å². The van der Waals surface area contributed by atoms with E-state index in [0.29, 0.717) is 0 Å². The van der Waals surface area contributed by atoms with Crippen molar-refractivity contribution in [3.05, 3.63) is 29.6 Å². The maximum atomic E-state index is 6.20. The summed E-state index contributed by atoms with van der Waals surface area (Å²) in [5.41, 5.74) is 10.3. The van der Waals surface area contributed by atoms with Gasteiger partial charge in [0.25, 0.3) is 0 Å². The Balaban J connectivity index is 0.00000169. The summed E-state index contributed by atoms with van der Waals surface area (Å²) in [6.07, 6.45) is 5.29. The second-order valence-electron chi connectivity index (χ2n) is 6.49. The van der Waals surface area contributed by atoms with Gasteiger partial charge in [0.05, 0.1) is 5.52 Å². The number of halogens is 1. The van der Waals surface area contributed by atoms with Crippen LogP contribution in [0.2, 0.25) is 0 Å². The summed E-state index contributed by atoms with van der Waals surface area (Å²) in [5.74, 6) is 0.885. The predicted octanol–water partition coefficient (Wildman–Crippen LogP) is 3.02. The van der Waals surface area contributed by atoms with E-state index in [1.54, 1.807) is 6.33 Å². The summed E-state index contributed by atoms with van der Waals surface area (Å²) >= 11 is 0. The molecule has 128 valence electrons. The number of hydrogen-bond acceptors (Lipinski definition) is 5. The fourth-order valence-electron chi connectivity index (χ4n) is 3.47. The van der Waals surface area contributed by atoms with Gasteiger partial charge < -0.3 is 10.6 Å². The molecule has 0 bridgehead atoms. The zero-order valence-corrected chi connectivity index (χ0v) is 14.9. The first-order chi connectivity index (χ1) is 11.1. The van der Waals surface area contributed by atoms with Gasteiger partial charge in [0, 0.05) is 24.5 Å². The fraction of sp³-hybridized carbons (Fsp3) is 0.471. The molecule has 1 unspecified atom stereocenters. The first-order valence-corrected chi connectivity index (χ1v) is 8.29. The highest BCUT2D eigenvalue weighted by atomic mass is 35.5. The summed E-state index contributed by atoms with van der Waals surface area (Å²) in [5, 5.41) is 5.44. The second kappa shape index (κ2) is 6.53. The maximum Gasteiger partial charge on any atom is 0.229 e. The first kappa shape index (κ1) is 16.9. The van der Waals surface area contributed by atoms with E-state index < -0.39 is 0 Å². The van der Waals surface area contributed by atoms with Gasteiger partial charge in [0.2, 0.25) is 5.95 Å². The number of rotatable bonds is 2. The number of aryl methyl sites for hydroxylation is 1. The van der Waals surface area contributed by atoms with Gasteiger partial charge in [-0.2, -0.15) is 9.61 Å². The molecule has 2 aromatic heterocycles. The lowest BCUT2D eigenvalue weighted by Crippen LogP contribution is -2.32. The summed E-state index contributed by atoms with van der Waals surface area (Å²) in [4.78, 5) is 11.8. The van der Waals surface area contributed by atoms with Crippen molar-refractivity contribution in [2.24, 2.45) is 5.73 Å². The molecule has 0 aliphatic carbocycles. The van der Waals surface area contributed by atoms with Crippen molar-refractivity contribution >= 4 is 34.9 Å². The molecule has 24 heavy (non-hydrogen) atoms. The minimum absolute atomic E-state index is 0. The van der Waals surface area contributed by atoms with E-state index in [4.69, 9.17) is 10.7 Å². The van der Waals surface area contributed by atoms with Gasteiger partial charge in [-0.25, -0.2) is 9.97 Å². The molecule has 4 rings (SSSR count). The van der Waals surface area contributed by atoms with Crippen molar-refractivity contribution in [3.63, 3.8) is 0 Å². The van der Waals surface area contributed by atoms with Gasteiger partial charge in [-0.15, -0.1) is 12.4 Å². The summed E-state index contributed by atoms with van der Waals surface area (Å²) in [6, 6.07) is 4.19. The fourth-order valence-corrected chi connectivity index (χ4v) is 3.47. The molecule has 0 spiro atoms. The van der Waals surface area contributed by atoms with E-state index in [1.807, 2.05) is 11.4 Å². The molecule has 7 heteroatoms. The number of fused-ring (bicyclic) bond motifs is 3. The van der Waals surface area contributed by atoms with Gasteiger partial charge in [-0.3, -0.25) is 0 Å². The van der Waals surface area contributed by atoms with E-state index in [1.165, 1.54) is 24.8 Å². The molecular formula is C17H23ClN6. The lowest BCUT2D eigenvalue weighted by Gasteiger charge is -2.28. The number of nitrogens with two attached hydrogens (primary N) is 1. The molecule has 1 aliphatic heterocycles. The molecule has 3 heterocycles. The minimum Gasteiger partial charge on any atom is -0.341 e. The summed E-state index contributed by atoms with van der Waals surface area (Å²) < 4.78 is 1.87. The Kier molecular flexibility index (Phi) is 4.60. The average molecular weight is 347 g/mol. The monoisotopic (exact) mass is 346 g/mol. The van der Waals surface area contributed by atoms with Crippen LogP contribution in [0, 0.1) is 6.92 Å².